The van der Waals surface area contributed by atoms with Crippen molar-refractivity contribution in [2.24, 2.45) is 11.3 Å². The first-order chi connectivity index (χ1) is 13.0. The molecule has 0 bridgehead atoms. The van der Waals surface area contributed by atoms with Crippen LogP contribution in [0.2, 0.25) is 0 Å². The van der Waals surface area contributed by atoms with Gasteiger partial charge in [0, 0.05) is 13.1 Å². The first kappa shape index (κ1) is 20.6. The smallest absolute Gasteiger partial charge is 0.404 e. The van der Waals surface area contributed by atoms with Gasteiger partial charge in [0.1, 0.15) is 18.1 Å². The summed E-state index contributed by atoms with van der Waals surface area (Å²) in [6.07, 6.45) is -12.0. The second-order valence-electron chi connectivity index (χ2n) is 7.00. The second-order valence-corrected chi connectivity index (χ2v) is 7.00. The Balaban J connectivity index is 1.76. The molecule has 1 atom stereocenters. The number of benzene rings is 1. The number of nitrogens with zero attached hydrogens (tertiary/aromatic N) is 1. The number of amides is 1. The zero-order valence-electron chi connectivity index (χ0n) is 15.0. The summed E-state index contributed by atoms with van der Waals surface area (Å²) in [5.41, 5.74) is -3.25. The summed E-state index contributed by atoms with van der Waals surface area (Å²) in [5, 5.41) is 0. The van der Waals surface area contributed by atoms with Crippen LogP contribution >= 0.6 is 0 Å². The molecule has 1 fully saturated rings. The lowest BCUT2D eigenvalue weighted by atomic mass is 9.85. The molecule has 1 unspecified atom stereocenters. The summed E-state index contributed by atoms with van der Waals surface area (Å²) in [6, 6.07) is 5.01. The van der Waals surface area contributed by atoms with Gasteiger partial charge in [-0.3, -0.25) is 4.79 Å². The number of rotatable bonds is 3. The van der Waals surface area contributed by atoms with Gasteiger partial charge in [-0.05, 0) is 43.5 Å². The molecule has 2 aliphatic heterocycles. The highest BCUT2D eigenvalue weighted by molar-refractivity contribution is 5.80. The van der Waals surface area contributed by atoms with Gasteiger partial charge in [-0.15, -0.1) is 0 Å². The van der Waals surface area contributed by atoms with Gasteiger partial charge in [0.05, 0.1) is 12.5 Å². The Morgan fingerprint density at radius 3 is 2.50 bits per heavy atom. The standard InChI is InChI=1S/C18H19F6NO3/c1-2-27-13-3-4-14-11(8-13)7-12(9-28-14)15(26)25-6-5-16(10-25,17(19,20)21)18(22,23)24/h3-4,8,12H,2,5-7,9-10H2,1H3. The van der Waals surface area contributed by atoms with Crippen molar-refractivity contribution in [1.82, 2.24) is 4.90 Å². The Labute approximate surface area is 157 Å². The van der Waals surface area contributed by atoms with E-state index in [1.54, 1.807) is 25.1 Å². The minimum Gasteiger partial charge on any atom is -0.494 e. The summed E-state index contributed by atoms with van der Waals surface area (Å²) < 4.78 is 90.1. The molecule has 0 radical (unpaired) electrons. The minimum absolute atomic E-state index is 0.0959. The third-order valence-corrected chi connectivity index (χ3v) is 5.26. The van der Waals surface area contributed by atoms with E-state index in [-0.39, 0.29) is 13.0 Å². The Bertz CT molecular complexity index is 732. The molecule has 2 aliphatic rings. The van der Waals surface area contributed by atoms with E-state index in [2.05, 4.69) is 0 Å². The zero-order valence-corrected chi connectivity index (χ0v) is 15.0. The van der Waals surface area contributed by atoms with Gasteiger partial charge in [0.25, 0.3) is 0 Å². The molecule has 0 N–H and O–H groups in total. The number of halogens is 6. The molecule has 0 aliphatic carbocycles. The predicted octanol–water partition coefficient (Wildman–Crippen LogP) is 3.98. The highest BCUT2D eigenvalue weighted by atomic mass is 19.4. The van der Waals surface area contributed by atoms with Gasteiger partial charge in [0.2, 0.25) is 5.91 Å². The summed E-state index contributed by atoms with van der Waals surface area (Å²) >= 11 is 0. The molecule has 10 heteroatoms. The van der Waals surface area contributed by atoms with Crippen molar-refractivity contribution in [2.45, 2.75) is 32.1 Å². The Kier molecular flexibility index (Phi) is 5.18. The molecule has 0 saturated carbocycles. The van der Waals surface area contributed by atoms with Crippen LogP contribution < -0.4 is 9.47 Å². The van der Waals surface area contributed by atoms with Gasteiger partial charge in [-0.25, -0.2) is 0 Å². The van der Waals surface area contributed by atoms with Gasteiger partial charge in [0.15, 0.2) is 5.41 Å². The summed E-state index contributed by atoms with van der Waals surface area (Å²) in [6.45, 7) is 0.110. The maximum Gasteiger partial charge on any atom is 0.404 e. The van der Waals surface area contributed by atoms with E-state index in [9.17, 15) is 31.1 Å². The van der Waals surface area contributed by atoms with Crippen molar-refractivity contribution in [3.05, 3.63) is 23.8 Å². The zero-order chi connectivity index (χ0) is 20.7. The fourth-order valence-corrected chi connectivity index (χ4v) is 3.67. The largest absolute Gasteiger partial charge is 0.494 e. The van der Waals surface area contributed by atoms with Crippen LogP contribution in [0.3, 0.4) is 0 Å². The number of hydrogen-bond acceptors (Lipinski definition) is 3. The predicted molar refractivity (Wildman–Crippen MR) is 86.0 cm³/mol. The van der Waals surface area contributed by atoms with Crippen molar-refractivity contribution in [1.29, 1.82) is 0 Å². The highest BCUT2D eigenvalue weighted by Gasteiger charge is 2.73. The van der Waals surface area contributed by atoms with Crippen LogP contribution in [0, 0.1) is 11.3 Å². The molecule has 3 rings (SSSR count). The summed E-state index contributed by atoms with van der Waals surface area (Å²) in [5.74, 6) is -0.536. The molecule has 1 aromatic carbocycles. The van der Waals surface area contributed by atoms with Crippen LogP contribution in [-0.2, 0) is 11.2 Å². The normalized spacial score (nSPS) is 21.8. The van der Waals surface area contributed by atoms with E-state index in [1.807, 2.05) is 0 Å². The first-order valence-electron chi connectivity index (χ1n) is 8.79. The van der Waals surface area contributed by atoms with Crippen LogP contribution in [-0.4, -0.2) is 49.5 Å². The average molecular weight is 411 g/mol. The molecule has 1 saturated heterocycles. The maximum atomic E-state index is 13.2. The van der Waals surface area contributed by atoms with E-state index in [0.717, 1.165) is 0 Å². The highest BCUT2D eigenvalue weighted by Crippen LogP contribution is 2.55. The Morgan fingerprint density at radius 2 is 1.93 bits per heavy atom. The van der Waals surface area contributed by atoms with E-state index < -0.39 is 49.1 Å². The molecular formula is C18H19F6NO3. The van der Waals surface area contributed by atoms with Crippen molar-refractivity contribution in [3.8, 4) is 11.5 Å². The van der Waals surface area contributed by atoms with Crippen molar-refractivity contribution < 1.29 is 40.6 Å². The molecule has 0 spiro atoms. The fraction of sp³-hybridized carbons (Fsp3) is 0.611. The van der Waals surface area contributed by atoms with E-state index >= 15 is 0 Å². The van der Waals surface area contributed by atoms with Crippen LogP contribution in [0.25, 0.3) is 0 Å². The van der Waals surface area contributed by atoms with Crippen LogP contribution in [0.1, 0.15) is 18.9 Å². The SMILES string of the molecule is CCOc1ccc2c(c1)CC(C(=O)N1CCC(C(F)(F)F)(C(F)(F)F)C1)CO2. The minimum atomic E-state index is -5.48. The molecule has 156 valence electrons. The average Bonchev–Trinajstić information content (AvgIpc) is 3.07. The van der Waals surface area contributed by atoms with Crippen molar-refractivity contribution in [2.75, 3.05) is 26.3 Å². The number of alkyl halides is 6. The molecule has 4 nitrogen and oxygen atoms in total. The number of hydrogen-bond donors (Lipinski definition) is 0. The fourth-order valence-electron chi connectivity index (χ4n) is 3.67. The molecular weight excluding hydrogens is 392 g/mol. The van der Waals surface area contributed by atoms with Gasteiger partial charge < -0.3 is 14.4 Å². The third-order valence-electron chi connectivity index (χ3n) is 5.26. The Hall–Kier alpha value is -2.13. The van der Waals surface area contributed by atoms with Crippen LogP contribution in [0.4, 0.5) is 26.3 Å². The van der Waals surface area contributed by atoms with Crippen molar-refractivity contribution in [3.63, 3.8) is 0 Å². The third kappa shape index (κ3) is 3.48. The van der Waals surface area contributed by atoms with Gasteiger partial charge >= 0.3 is 12.4 Å². The quantitative estimate of drug-likeness (QED) is 0.707. The summed E-state index contributed by atoms with van der Waals surface area (Å²) in [4.78, 5) is 13.3. The molecule has 1 aromatic rings. The van der Waals surface area contributed by atoms with Crippen LogP contribution in [0.5, 0.6) is 11.5 Å². The van der Waals surface area contributed by atoms with Gasteiger partial charge in [-0.2, -0.15) is 26.3 Å². The first-order valence-corrected chi connectivity index (χ1v) is 8.79. The lowest BCUT2D eigenvalue weighted by Crippen LogP contribution is -2.52. The lowest BCUT2D eigenvalue weighted by Gasteiger charge is -2.34. The second kappa shape index (κ2) is 7.04. The number of ether oxygens (including phenoxy) is 2. The maximum absolute atomic E-state index is 13.2. The van der Waals surface area contributed by atoms with Crippen molar-refractivity contribution >= 4 is 5.91 Å². The van der Waals surface area contributed by atoms with Gasteiger partial charge in [-0.1, -0.05) is 0 Å². The molecule has 1 amide bonds. The van der Waals surface area contributed by atoms with Crippen LogP contribution in [0.15, 0.2) is 18.2 Å². The topological polar surface area (TPSA) is 38.8 Å². The molecule has 2 heterocycles. The number of carbonyl (C=O) groups is 1. The monoisotopic (exact) mass is 411 g/mol. The number of fused-ring (bicyclic) bond motifs is 1. The molecule has 0 aromatic heterocycles. The Morgan fingerprint density at radius 1 is 1.25 bits per heavy atom. The number of likely N-dealkylation sites (tertiary alicyclic amines) is 1. The van der Waals surface area contributed by atoms with E-state index in [1.165, 1.54) is 0 Å². The number of carbonyl (C=O) groups excluding carboxylic acids is 1. The molecule has 28 heavy (non-hydrogen) atoms. The van der Waals surface area contributed by atoms with E-state index in [0.29, 0.717) is 28.6 Å². The lowest BCUT2D eigenvalue weighted by molar-refractivity contribution is -0.334. The van der Waals surface area contributed by atoms with E-state index in [4.69, 9.17) is 9.47 Å². The summed E-state index contributed by atoms with van der Waals surface area (Å²) in [7, 11) is 0.